The molecule has 2 aromatic rings. The molecule has 0 spiro atoms. The van der Waals surface area contributed by atoms with Gasteiger partial charge < -0.3 is 18.6 Å². The maximum absolute atomic E-state index is 6.14. The molecule has 0 N–H and O–H groups in total. The van der Waals surface area contributed by atoms with E-state index in [2.05, 4.69) is 50.7 Å². The van der Waals surface area contributed by atoms with Crippen LogP contribution in [0.1, 0.15) is 35.1 Å². The van der Waals surface area contributed by atoms with E-state index in [4.69, 9.17) is 13.7 Å². The normalized spacial score (nSPS) is 20.6. The van der Waals surface area contributed by atoms with Crippen LogP contribution in [0.4, 0.5) is 6.01 Å². The number of nitrogens with zero attached hydrogens (tertiary/aromatic N) is 2. The van der Waals surface area contributed by atoms with Gasteiger partial charge in [0, 0.05) is 13.1 Å². The smallest absolute Gasteiger partial charge is 0.423 e. The zero-order chi connectivity index (χ0) is 19.4. The summed E-state index contributed by atoms with van der Waals surface area (Å²) in [6.45, 7) is 17.4. The van der Waals surface area contributed by atoms with Crippen LogP contribution >= 0.6 is 0 Å². The lowest BCUT2D eigenvalue weighted by atomic mass is 9.79. The largest absolute Gasteiger partial charge is 0.494 e. The molecule has 1 aromatic heterocycles. The predicted octanol–water partition coefficient (Wildman–Crippen LogP) is 4.25. The third-order valence-corrected chi connectivity index (χ3v) is 5.82. The van der Waals surface area contributed by atoms with E-state index >= 15 is 0 Å². The summed E-state index contributed by atoms with van der Waals surface area (Å²) in [7, 11) is -0.409. The highest BCUT2D eigenvalue weighted by Gasteiger charge is 2.51. The SMILES string of the molecule is C.C=CC1=C(C=C)CN(c2nc3cc(B4OC(C)(C)C(C)(C)O4)ccc3o2)C1. The van der Waals surface area contributed by atoms with Crippen molar-refractivity contribution in [3.8, 4) is 0 Å². The molecule has 0 bridgehead atoms. The number of aromatic nitrogens is 1. The Morgan fingerprint density at radius 1 is 1.04 bits per heavy atom. The highest BCUT2D eigenvalue weighted by atomic mass is 16.7. The summed E-state index contributed by atoms with van der Waals surface area (Å²) in [5.41, 5.74) is 4.06. The minimum Gasteiger partial charge on any atom is -0.423 e. The van der Waals surface area contributed by atoms with E-state index in [1.54, 1.807) is 0 Å². The quantitative estimate of drug-likeness (QED) is 0.742. The zero-order valence-electron chi connectivity index (χ0n) is 16.4. The number of oxazole rings is 1. The molecular formula is C22H29BN2O3. The molecule has 28 heavy (non-hydrogen) atoms. The number of hydrogen-bond acceptors (Lipinski definition) is 5. The van der Waals surface area contributed by atoms with E-state index in [1.807, 2.05) is 30.4 Å². The summed E-state index contributed by atoms with van der Waals surface area (Å²) in [4.78, 5) is 6.78. The Hall–Kier alpha value is -2.31. The average Bonchev–Trinajstić information content (AvgIpc) is 3.27. The predicted molar refractivity (Wildman–Crippen MR) is 116 cm³/mol. The van der Waals surface area contributed by atoms with E-state index in [-0.39, 0.29) is 18.6 Å². The molecule has 3 heterocycles. The second-order valence-corrected chi connectivity index (χ2v) is 8.13. The highest BCUT2D eigenvalue weighted by molar-refractivity contribution is 6.62. The Morgan fingerprint density at radius 2 is 1.61 bits per heavy atom. The van der Waals surface area contributed by atoms with Crippen molar-refractivity contribution in [1.29, 1.82) is 0 Å². The van der Waals surface area contributed by atoms with Crippen molar-refractivity contribution < 1.29 is 13.7 Å². The van der Waals surface area contributed by atoms with Gasteiger partial charge in [-0.25, -0.2) is 0 Å². The average molecular weight is 380 g/mol. The Morgan fingerprint density at radius 3 is 2.14 bits per heavy atom. The van der Waals surface area contributed by atoms with E-state index in [0.717, 1.165) is 40.8 Å². The number of fused-ring (bicyclic) bond motifs is 1. The summed E-state index contributed by atoms with van der Waals surface area (Å²) in [6, 6.07) is 6.49. The topological polar surface area (TPSA) is 47.7 Å². The Labute approximate surface area is 167 Å². The molecule has 0 atom stereocenters. The molecule has 0 saturated carbocycles. The maximum Gasteiger partial charge on any atom is 0.494 e. The third-order valence-electron chi connectivity index (χ3n) is 5.82. The van der Waals surface area contributed by atoms with E-state index in [1.165, 1.54) is 0 Å². The number of rotatable bonds is 4. The van der Waals surface area contributed by atoms with E-state index in [9.17, 15) is 0 Å². The van der Waals surface area contributed by atoms with Gasteiger partial charge in [-0.05, 0) is 56.4 Å². The summed E-state index contributed by atoms with van der Waals surface area (Å²) in [5, 5.41) is 0. The van der Waals surface area contributed by atoms with Crippen molar-refractivity contribution in [2.75, 3.05) is 18.0 Å². The highest BCUT2D eigenvalue weighted by Crippen LogP contribution is 2.36. The zero-order valence-corrected chi connectivity index (χ0v) is 16.4. The van der Waals surface area contributed by atoms with Crippen LogP contribution in [0.5, 0.6) is 0 Å². The fourth-order valence-electron chi connectivity index (χ4n) is 3.39. The molecule has 0 amide bonds. The van der Waals surface area contributed by atoms with Gasteiger partial charge in [-0.2, -0.15) is 4.98 Å². The van der Waals surface area contributed by atoms with Crippen molar-refractivity contribution >= 4 is 29.7 Å². The van der Waals surface area contributed by atoms with Gasteiger partial charge >= 0.3 is 7.12 Å². The van der Waals surface area contributed by atoms with Gasteiger partial charge in [-0.3, -0.25) is 0 Å². The van der Waals surface area contributed by atoms with Gasteiger partial charge in [0.15, 0.2) is 5.58 Å². The van der Waals surface area contributed by atoms with Gasteiger partial charge in [0.05, 0.1) is 11.2 Å². The summed E-state index contributed by atoms with van der Waals surface area (Å²) < 4.78 is 18.3. The van der Waals surface area contributed by atoms with Gasteiger partial charge in [-0.15, -0.1) is 0 Å². The van der Waals surface area contributed by atoms with Gasteiger partial charge in [0.25, 0.3) is 6.01 Å². The minimum absolute atomic E-state index is 0. The number of benzene rings is 1. The molecular weight excluding hydrogens is 351 g/mol. The van der Waals surface area contributed by atoms with Crippen LogP contribution in [-0.2, 0) is 9.31 Å². The second kappa shape index (κ2) is 6.94. The Bertz CT molecular complexity index is 922. The van der Waals surface area contributed by atoms with Crippen LogP contribution in [-0.4, -0.2) is 36.4 Å². The number of anilines is 1. The first-order valence-corrected chi connectivity index (χ1v) is 9.22. The van der Waals surface area contributed by atoms with Crippen molar-refractivity contribution in [1.82, 2.24) is 4.98 Å². The molecule has 0 aliphatic carbocycles. The van der Waals surface area contributed by atoms with Crippen molar-refractivity contribution in [3.63, 3.8) is 0 Å². The van der Waals surface area contributed by atoms with Crippen molar-refractivity contribution in [3.05, 3.63) is 54.7 Å². The molecule has 4 rings (SSSR count). The second-order valence-electron chi connectivity index (χ2n) is 8.13. The first-order valence-electron chi connectivity index (χ1n) is 9.22. The van der Waals surface area contributed by atoms with Crippen molar-refractivity contribution in [2.45, 2.75) is 46.3 Å². The van der Waals surface area contributed by atoms with Crippen LogP contribution in [0.3, 0.4) is 0 Å². The first kappa shape index (κ1) is 20.4. The third kappa shape index (κ3) is 3.21. The van der Waals surface area contributed by atoms with Gasteiger partial charge in [-0.1, -0.05) is 38.8 Å². The summed E-state index contributed by atoms with van der Waals surface area (Å²) in [6.07, 6.45) is 3.74. The fourth-order valence-corrected chi connectivity index (χ4v) is 3.39. The number of hydrogen-bond donors (Lipinski definition) is 0. The molecule has 1 aromatic carbocycles. The summed E-state index contributed by atoms with van der Waals surface area (Å²) in [5.74, 6) is 0. The van der Waals surface area contributed by atoms with Crippen LogP contribution in [0, 0.1) is 0 Å². The minimum atomic E-state index is -0.409. The first-order chi connectivity index (χ1) is 12.7. The molecule has 0 radical (unpaired) electrons. The van der Waals surface area contributed by atoms with Crippen molar-refractivity contribution in [2.24, 2.45) is 0 Å². The molecule has 0 unspecified atom stereocenters. The summed E-state index contributed by atoms with van der Waals surface area (Å²) >= 11 is 0. The molecule has 6 heteroatoms. The van der Waals surface area contributed by atoms with Gasteiger partial charge in [0.2, 0.25) is 0 Å². The lowest BCUT2D eigenvalue weighted by Gasteiger charge is -2.32. The molecule has 1 saturated heterocycles. The molecule has 148 valence electrons. The molecule has 5 nitrogen and oxygen atoms in total. The van der Waals surface area contributed by atoms with Crippen LogP contribution in [0.2, 0.25) is 0 Å². The van der Waals surface area contributed by atoms with Crippen LogP contribution < -0.4 is 10.4 Å². The van der Waals surface area contributed by atoms with E-state index in [0.29, 0.717) is 6.01 Å². The fraction of sp³-hybridized carbons (Fsp3) is 0.409. The lowest BCUT2D eigenvalue weighted by Crippen LogP contribution is -2.41. The monoisotopic (exact) mass is 380 g/mol. The lowest BCUT2D eigenvalue weighted by molar-refractivity contribution is 0.00578. The maximum atomic E-state index is 6.14. The standard InChI is InChI=1S/C21H25BN2O3.CH4/c1-7-14-12-24(13-15(14)8-2)19-23-17-11-16(9-10-18(17)25-19)22-26-20(3,4)21(5,6)27-22;/h7-11H,1-2,12-13H2,3-6H3;1H4. The Balaban J connectivity index is 0.00000225. The van der Waals surface area contributed by atoms with Crippen LogP contribution in [0.15, 0.2) is 59.1 Å². The Kier molecular flexibility index (Phi) is 5.06. The molecule has 2 aliphatic rings. The molecule has 2 aliphatic heterocycles. The van der Waals surface area contributed by atoms with Crippen LogP contribution in [0.25, 0.3) is 11.1 Å². The molecule has 1 fully saturated rings. The van der Waals surface area contributed by atoms with E-state index < -0.39 is 7.12 Å². The van der Waals surface area contributed by atoms with Gasteiger partial charge in [0.1, 0.15) is 5.52 Å².